The van der Waals surface area contributed by atoms with E-state index in [4.69, 9.17) is 5.73 Å². The van der Waals surface area contributed by atoms with Gasteiger partial charge in [0.1, 0.15) is 10.7 Å². The summed E-state index contributed by atoms with van der Waals surface area (Å²) in [6.45, 7) is 0. The molecule has 0 heterocycles. The maximum atomic E-state index is 13.6. The Kier molecular flexibility index (Phi) is 5.42. The first-order valence-corrected chi connectivity index (χ1v) is 8.86. The molecule has 3 rings (SSSR count). The number of sulfone groups is 1. The van der Waals surface area contributed by atoms with Crippen LogP contribution in [-0.2, 0) is 14.6 Å². The van der Waals surface area contributed by atoms with E-state index in [9.17, 15) is 30.8 Å². The standard InChI is InChI=1S/C15H14F4N2O3S.ClH/c16-10-4-3-9(6-11(10)25(23,24)15(17,18)19)21-14(22)12-7-1-2-8(5-7)13(12)20;/h1-4,6-8,12-13H,5,20H2,(H,21,22);1H. The monoisotopic (exact) mass is 414 g/mol. The molecule has 3 N–H and O–H groups in total. The number of carbonyl (C=O) groups excluding carboxylic acids is 1. The van der Waals surface area contributed by atoms with Gasteiger partial charge in [-0.3, -0.25) is 4.79 Å². The minimum absolute atomic E-state index is 0. The fourth-order valence-electron chi connectivity index (χ4n) is 3.37. The number of hydrogen-bond donors (Lipinski definition) is 2. The van der Waals surface area contributed by atoms with Crippen molar-refractivity contribution in [2.45, 2.75) is 22.9 Å². The summed E-state index contributed by atoms with van der Waals surface area (Å²) in [4.78, 5) is 10.8. The van der Waals surface area contributed by atoms with Crippen molar-refractivity contribution in [3.63, 3.8) is 0 Å². The topological polar surface area (TPSA) is 89.3 Å². The summed E-state index contributed by atoms with van der Waals surface area (Å²) >= 11 is 0. The zero-order valence-corrected chi connectivity index (χ0v) is 14.7. The second-order valence-corrected chi connectivity index (χ2v) is 8.04. The lowest BCUT2D eigenvalue weighted by Gasteiger charge is -2.23. The summed E-state index contributed by atoms with van der Waals surface area (Å²) in [6, 6.07) is 1.60. The molecular weight excluding hydrogens is 400 g/mol. The lowest BCUT2D eigenvalue weighted by Crippen LogP contribution is -2.41. The molecule has 26 heavy (non-hydrogen) atoms. The summed E-state index contributed by atoms with van der Waals surface area (Å²) in [5.74, 6) is -2.65. The Bertz CT molecular complexity index is 857. The predicted octanol–water partition coefficient (Wildman–Crippen LogP) is 2.63. The first kappa shape index (κ1) is 20.7. The van der Waals surface area contributed by atoms with Gasteiger partial charge in [0.05, 0.1) is 5.92 Å². The number of benzene rings is 1. The quantitative estimate of drug-likeness (QED) is 0.587. The molecule has 0 saturated heterocycles. The minimum atomic E-state index is -5.87. The van der Waals surface area contributed by atoms with Crippen LogP contribution in [0.4, 0.5) is 23.2 Å². The highest BCUT2D eigenvalue weighted by Gasteiger charge is 2.49. The van der Waals surface area contributed by atoms with Crippen LogP contribution in [0.25, 0.3) is 0 Å². The average molecular weight is 415 g/mol. The molecule has 0 radical (unpaired) electrons. The second-order valence-electron chi connectivity index (χ2n) is 6.14. The zero-order chi connectivity index (χ0) is 18.6. The molecule has 4 unspecified atom stereocenters. The molecule has 1 fully saturated rings. The van der Waals surface area contributed by atoms with Gasteiger partial charge in [-0.1, -0.05) is 12.2 Å². The molecule has 1 aromatic carbocycles. The maximum absolute atomic E-state index is 13.6. The van der Waals surface area contributed by atoms with Crippen molar-refractivity contribution in [3.8, 4) is 0 Å². The number of amides is 1. The molecule has 4 atom stereocenters. The van der Waals surface area contributed by atoms with E-state index < -0.39 is 43.9 Å². The van der Waals surface area contributed by atoms with Crippen molar-refractivity contribution in [3.05, 3.63) is 36.2 Å². The van der Waals surface area contributed by atoms with Crippen LogP contribution in [-0.4, -0.2) is 25.9 Å². The lowest BCUT2D eigenvalue weighted by atomic mass is 9.88. The van der Waals surface area contributed by atoms with E-state index >= 15 is 0 Å². The Hall–Kier alpha value is -1.65. The van der Waals surface area contributed by atoms with Crippen molar-refractivity contribution in [2.24, 2.45) is 23.5 Å². The highest BCUT2D eigenvalue weighted by molar-refractivity contribution is 7.92. The van der Waals surface area contributed by atoms with E-state index in [0.717, 1.165) is 12.5 Å². The summed E-state index contributed by atoms with van der Waals surface area (Å²) in [7, 11) is -5.87. The number of allylic oxidation sites excluding steroid dienone is 1. The van der Waals surface area contributed by atoms with Crippen LogP contribution in [0.1, 0.15) is 6.42 Å². The third-order valence-electron chi connectivity index (χ3n) is 4.62. The minimum Gasteiger partial charge on any atom is -0.326 e. The summed E-state index contributed by atoms with van der Waals surface area (Å²) in [5, 5.41) is 2.34. The van der Waals surface area contributed by atoms with Crippen LogP contribution < -0.4 is 11.1 Å². The molecule has 0 aromatic heterocycles. The van der Waals surface area contributed by atoms with Crippen molar-refractivity contribution < 1.29 is 30.8 Å². The van der Waals surface area contributed by atoms with Gasteiger partial charge in [-0.2, -0.15) is 13.2 Å². The number of anilines is 1. The molecular formula is C15H15ClF4N2O3S. The highest BCUT2D eigenvalue weighted by Crippen LogP contribution is 2.43. The summed E-state index contributed by atoms with van der Waals surface area (Å²) in [6.07, 6.45) is 4.50. The third-order valence-corrected chi connectivity index (χ3v) is 6.12. The molecule has 11 heteroatoms. The molecule has 1 saturated carbocycles. The van der Waals surface area contributed by atoms with Crippen LogP contribution in [0.2, 0.25) is 0 Å². The number of hydrogen-bond acceptors (Lipinski definition) is 4. The molecule has 0 aliphatic heterocycles. The summed E-state index contributed by atoms with van der Waals surface area (Å²) < 4.78 is 74.3. The Morgan fingerprint density at radius 1 is 1.19 bits per heavy atom. The number of fused-ring (bicyclic) bond motifs is 2. The largest absolute Gasteiger partial charge is 0.502 e. The molecule has 1 aromatic rings. The van der Waals surface area contributed by atoms with Gasteiger partial charge in [0.15, 0.2) is 0 Å². The SMILES string of the molecule is Cl.NC1C2C=CC(C2)C1C(=O)Nc1ccc(F)c(S(=O)(=O)C(F)(F)F)c1. The van der Waals surface area contributed by atoms with E-state index in [1.54, 1.807) is 0 Å². The van der Waals surface area contributed by atoms with Gasteiger partial charge in [-0.15, -0.1) is 12.4 Å². The van der Waals surface area contributed by atoms with E-state index in [1.165, 1.54) is 0 Å². The van der Waals surface area contributed by atoms with Crippen LogP contribution >= 0.6 is 12.4 Å². The Morgan fingerprint density at radius 2 is 1.81 bits per heavy atom. The summed E-state index contributed by atoms with van der Waals surface area (Å²) in [5.41, 5.74) is 0.0953. The van der Waals surface area contributed by atoms with Crippen LogP contribution in [0.5, 0.6) is 0 Å². The molecule has 5 nitrogen and oxygen atoms in total. The number of alkyl halides is 3. The Labute approximate surface area is 153 Å². The van der Waals surface area contributed by atoms with E-state index in [0.29, 0.717) is 12.1 Å². The zero-order valence-electron chi connectivity index (χ0n) is 13.0. The van der Waals surface area contributed by atoms with Gasteiger partial charge < -0.3 is 11.1 Å². The molecule has 1 amide bonds. The highest BCUT2D eigenvalue weighted by atomic mass is 35.5. The smallest absolute Gasteiger partial charge is 0.326 e. The first-order valence-electron chi connectivity index (χ1n) is 7.38. The lowest BCUT2D eigenvalue weighted by molar-refractivity contribution is -0.120. The fraction of sp³-hybridized carbons (Fsp3) is 0.400. The van der Waals surface area contributed by atoms with Gasteiger partial charge in [0.2, 0.25) is 5.91 Å². The van der Waals surface area contributed by atoms with Gasteiger partial charge in [0.25, 0.3) is 9.84 Å². The number of halogens is 5. The third kappa shape index (κ3) is 3.33. The van der Waals surface area contributed by atoms with Gasteiger partial charge >= 0.3 is 5.51 Å². The first-order chi connectivity index (χ1) is 11.5. The molecule has 2 aliphatic rings. The average Bonchev–Trinajstić information content (AvgIpc) is 3.08. The van der Waals surface area contributed by atoms with Gasteiger partial charge in [-0.05, 0) is 36.5 Å². The van der Waals surface area contributed by atoms with Gasteiger partial charge in [0, 0.05) is 11.7 Å². The van der Waals surface area contributed by atoms with Crippen molar-refractivity contribution >= 4 is 33.8 Å². The Morgan fingerprint density at radius 3 is 2.35 bits per heavy atom. The molecule has 2 aliphatic carbocycles. The molecule has 144 valence electrons. The number of carbonyl (C=O) groups is 1. The Balaban J connectivity index is 0.00000243. The van der Waals surface area contributed by atoms with E-state index in [2.05, 4.69) is 5.32 Å². The van der Waals surface area contributed by atoms with E-state index in [-0.39, 0.29) is 29.9 Å². The van der Waals surface area contributed by atoms with Gasteiger partial charge in [-0.25, -0.2) is 12.8 Å². The normalized spacial score (nSPS) is 27.3. The number of nitrogens with two attached hydrogens (primary N) is 1. The van der Waals surface area contributed by atoms with Crippen molar-refractivity contribution in [1.82, 2.24) is 0 Å². The van der Waals surface area contributed by atoms with Crippen LogP contribution in [0.15, 0.2) is 35.2 Å². The van der Waals surface area contributed by atoms with Crippen LogP contribution in [0, 0.1) is 23.6 Å². The molecule has 0 spiro atoms. The van der Waals surface area contributed by atoms with Crippen LogP contribution in [0.3, 0.4) is 0 Å². The second kappa shape index (κ2) is 6.82. The van der Waals surface area contributed by atoms with E-state index in [1.807, 2.05) is 12.2 Å². The fourth-order valence-corrected chi connectivity index (χ4v) is 4.22. The van der Waals surface area contributed by atoms with Crippen molar-refractivity contribution in [2.75, 3.05) is 5.32 Å². The molecule has 2 bridgehead atoms. The maximum Gasteiger partial charge on any atom is 0.502 e. The predicted molar refractivity (Wildman–Crippen MR) is 87.7 cm³/mol. The van der Waals surface area contributed by atoms with Crippen molar-refractivity contribution in [1.29, 1.82) is 0 Å². The number of nitrogens with one attached hydrogen (secondary N) is 1. The number of rotatable bonds is 3.